The maximum absolute atomic E-state index is 5.97. The molecule has 2 aromatic carbocycles. The van der Waals surface area contributed by atoms with Crippen LogP contribution in [0.3, 0.4) is 0 Å². The molecule has 5 rings (SSSR count). The molecule has 0 amide bonds. The Hall–Kier alpha value is -2.70. The first kappa shape index (κ1) is 19.3. The number of methoxy groups -OCH3 is 2. The Morgan fingerprint density at radius 3 is 2.67 bits per heavy atom. The van der Waals surface area contributed by atoms with Crippen LogP contribution in [0.5, 0.6) is 23.0 Å². The van der Waals surface area contributed by atoms with Gasteiger partial charge in [-0.3, -0.25) is 4.90 Å². The van der Waals surface area contributed by atoms with Crippen molar-refractivity contribution >= 4 is 11.3 Å². The second kappa shape index (κ2) is 8.20. The maximum atomic E-state index is 5.97. The molecule has 156 valence electrons. The van der Waals surface area contributed by atoms with E-state index < -0.39 is 0 Å². The molecule has 0 unspecified atom stereocenters. The molecule has 0 radical (unpaired) electrons. The van der Waals surface area contributed by atoms with Gasteiger partial charge in [-0.2, -0.15) is 0 Å². The van der Waals surface area contributed by atoms with Crippen molar-refractivity contribution in [2.45, 2.75) is 19.0 Å². The summed E-state index contributed by atoms with van der Waals surface area (Å²) >= 11 is 1.79. The highest BCUT2D eigenvalue weighted by molar-refractivity contribution is 7.10. The smallest absolute Gasteiger partial charge is 0.165 e. The molecule has 0 saturated heterocycles. The van der Waals surface area contributed by atoms with E-state index in [9.17, 15) is 0 Å². The minimum atomic E-state index is 0.161. The second-order valence-electron chi connectivity index (χ2n) is 7.49. The Morgan fingerprint density at radius 1 is 1.03 bits per heavy atom. The van der Waals surface area contributed by atoms with Crippen molar-refractivity contribution in [1.29, 1.82) is 0 Å². The third-order valence-corrected chi connectivity index (χ3v) is 6.73. The van der Waals surface area contributed by atoms with Crippen molar-refractivity contribution in [3.05, 3.63) is 69.4 Å². The summed E-state index contributed by atoms with van der Waals surface area (Å²) in [4.78, 5) is 3.85. The van der Waals surface area contributed by atoms with Crippen LogP contribution in [0.4, 0.5) is 0 Å². The SMILES string of the molecule is COc1cc2c(cc1OC)[C@@H](c1cccs1)N(Cc1cccc3c1OCCO3)CC2. The topological polar surface area (TPSA) is 40.2 Å². The van der Waals surface area contributed by atoms with Crippen molar-refractivity contribution in [3.63, 3.8) is 0 Å². The van der Waals surface area contributed by atoms with Crippen LogP contribution in [0.2, 0.25) is 0 Å². The molecule has 6 heteroatoms. The molecule has 3 heterocycles. The van der Waals surface area contributed by atoms with Crippen molar-refractivity contribution in [1.82, 2.24) is 4.90 Å². The number of nitrogens with zero attached hydrogens (tertiary/aromatic N) is 1. The normalized spacial score (nSPS) is 18.0. The predicted molar refractivity (Wildman–Crippen MR) is 117 cm³/mol. The molecular weight excluding hydrogens is 398 g/mol. The molecule has 0 aliphatic carbocycles. The van der Waals surface area contributed by atoms with Gasteiger partial charge in [0.25, 0.3) is 0 Å². The van der Waals surface area contributed by atoms with Crippen LogP contribution in [-0.2, 0) is 13.0 Å². The number of hydrogen-bond donors (Lipinski definition) is 0. The zero-order valence-electron chi connectivity index (χ0n) is 17.2. The molecular formula is C24H25NO4S. The Morgan fingerprint density at radius 2 is 1.87 bits per heavy atom. The molecule has 1 atom stereocenters. The fraction of sp³-hybridized carbons (Fsp3) is 0.333. The first-order valence-corrected chi connectivity index (χ1v) is 11.1. The van der Waals surface area contributed by atoms with E-state index in [1.165, 1.54) is 16.0 Å². The van der Waals surface area contributed by atoms with Crippen molar-refractivity contribution < 1.29 is 18.9 Å². The molecule has 30 heavy (non-hydrogen) atoms. The van der Waals surface area contributed by atoms with E-state index >= 15 is 0 Å². The zero-order chi connectivity index (χ0) is 20.5. The minimum Gasteiger partial charge on any atom is -0.493 e. The molecule has 0 fully saturated rings. The van der Waals surface area contributed by atoms with Gasteiger partial charge in [-0.25, -0.2) is 0 Å². The monoisotopic (exact) mass is 423 g/mol. The lowest BCUT2D eigenvalue weighted by atomic mass is 9.90. The fourth-order valence-electron chi connectivity index (χ4n) is 4.43. The fourth-order valence-corrected chi connectivity index (χ4v) is 5.30. The number of thiophene rings is 1. The van der Waals surface area contributed by atoms with Crippen LogP contribution in [0.15, 0.2) is 47.8 Å². The third-order valence-electron chi connectivity index (χ3n) is 5.81. The van der Waals surface area contributed by atoms with Crippen LogP contribution >= 0.6 is 11.3 Å². The van der Waals surface area contributed by atoms with Crippen molar-refractivity contribution in [3.8, 4) is 23.0 Å². The first-order valence-electron chi connectivity index (χ1n) is 10.2. The van der Waals surface area contributed by atoms with Crippen LogP contribution < -0.4 is 18.9 Å². The largest absolute Gasteiger partial charge is 0.493 e. The van der Waals surface area contributed by atoms with E-state index in [0.717, 1.165) is 48.1 Å². The average molecular weight is 424 g/mol. The molecule has 2 aliphatic heterocycles. The van der Waals surface area contributed by atoms with Gasteiger partial charge in [0.1, 0.15) is 13.2 Å². The summed E-state index contributed by atoms with van der Waals surface area (Å²) in [5, 5.41) is 2.14. The van der Waals surface area contributed by atoms with Gasteiger partial charge in [0.2, 0.25) is 0 Å². The zero-order valence-corrected chi connectivity index (χ0v) is 18.0. The van der Waals surface area contributed by atoms with Crippen molar-refractivity contribution in [2.24, 2.45) is 0 Å². The molecule has 3 aromatic rings. The predicted octanol–water partition coefficient (Wildman–Crippen LogP) is 4.68. The minimum absolute atomic E-state index is 0.161. The number of hydrogen-bond acceptors (Lipinski definition) is 6. The van der Waals surface area contributed by atoms with Gasteiger partial charge < -0.3 is 18.9 Å². The lowest BCUT2D eigenvalue weighted by Crippen LogP contribution is -2.35. The summed E-state index contributed by atoms with van der Waals surface area (Å²) in [6, 6.07) is 14.9. The maximum Gasteiger partial charge on any atom is 0.165 e. The van der Waals surface area contributed by atoms with E-state index in [1.54, 1.807) is 25.6 Å². The molecule has 0 N–H and O–H groups in total. The van der Waals surface area contributed by atoms with E-state index in [2.05, 4.69) is 46.7 Å². The molecule has 2 aliphatic rings. The Bertz CT molecular complexity index is 1030. The lowest BCUT2D eigenvalue weighted by molar-refractivity contribution is 0.162. The molecule has 0 saturated carbocycles. The van der Waals surface area contributed by atoms with Crippen LogP contribution in [-0.4, -0.2) is 38.9 Å². The van der Waals surface area contributed by atoms with E-state index in [4.69, 9.17) is 18.9 Å². The highest BCUT2D eigenvalue weighted by Crippen LogP contribution is 2.44. The van der Waals surface area contributed by atoms with Gasteiger partial charge in [0.15, 0.2) is 23.0 Å². The molecule has 0 bridgehead atoms. The summed E-state index contributed by atoms with van der Waals surface area (Å²) < 4.78 is 22.9. The highest BCUT2D eigenvalue weighted by Gasteiger charge is 2.32. The number of rotatable bonds is 5. The Labute approximate surface area is 180 Å². The molecule has 0 spiro atoms. The van der Waals surface area contributed by atoms with Gasteiger partial charge in [-0.1, -0.05) is 18.2 Å². The van der Waals surface area contributed by atoms with Gasteiger partial charge in [-0.05, 0) is 47.2 Å². The van der Waals surface area contributed by atoms with E-state index in [-0.39, 0.29) is 6.04 Å². The second-order valence-corrected chi connectivity index (χ2v) is 8.47. The summed E-state index contributed by atoms with van der Waals surface area (Å²) in [5.41, 5.74) is 3.76. The van der Waals surface area contributed by atoms with Crippen molar-refractivity contribution in [2.75, 3.05) is 34.0 Å². The van der Waals surface area contributed by atoms with Gasteiger partial charge in [0.05, 0.1) is 20.3 Å². The van der Waals surface area contributed by atoms with E-state index in [1.807, 2.05) is 6.07 Å². The molecule has 1 aromatic heterocycles. The Balaban J connectivity index is 1.55. The standard InChI is InChI=1S/C24H25NO4S/c1-26-20-13-16-8-9-25(15-17-5-3-6-19-24(17)29-11-10-28-19)23(22-7-4-12-30-22)18(16)14-21(20)27-2/h3-7,12-14,23H,8-11,15H2,1-2H3/t23-/m0/s1. The highest BCUT2D eigenvalue weighted by atomic mass is 32.1. The summed E-state index contributed by atoms with van der Waals surface area (Å²) in [7, 11) is 3.38. The quantitative estimate of drug-likeness (QED) is 0.596. The van der Waals surface area contributed by atoms with Gasteiger partial charge in [0, 0.05) is 23.5 Å². The number of para-hydroxylation sites is 1. The Kier molecular flexibility index (Phi) is 5.27. The van der Waals surface area contributed by atoms with Crippen LogP contribution in [0.1, 0.15) is 27.6 Å². The third kappa shape index (κ3) is 3.40. The summed E-state index contributed by atoms with van der Waals surface area (Å²) in [6.45, 7) is 2.95. The summed E-state index contributed by atoms with van der Waals surface area (Å²) in [5.74, 6) is 3.29. The van der Waals surface area contributed by atoms with Gasteiger partial charge >= 0.3 is 0 Å². The van der Waals surface area contributed by atoms with Crippen LogP contribution in [0.25, 0.3) is 0 Å². The van der Waals surface area contributed by atoms with Gasteiger partial charge in [-0.15, -0.1) is 11.3 Å². The summed E-state index contributed by atoms with van der Waals surface area (Å²) in [6.07, 6.45) is 0.962. The van der Waals surface area contributed by atoms with E-state index in [0.29, 0.717) is 13.2 Å². The average Bonchev–Trinajstić information content (AvgIpc) is 3.32. The first-order chi connectivity index (χ1) is 14.8. The lowest BCUT2D eigenvalue weighted by Gasteiger charge is -2.38. The number of benzene rings is 2. The number of ether oxygens (including phenoxy) is 4. The number of fused-ring (bicyclic) bond motifs is 2. The molecule has 5 nitrogen and oxygen atoms in total. The van der Waals surface area contributed by atoms with Crippen LogP contribution in [0, 0.1) is 0 Å².